The third kappa shape index (κ3) is 5.93. The summed E-state index contributed by atoms with van der Waals surface area (Å²) in [7, 11) is 1.46. The second-order valence-corrected chi connectivity index (χ2v) is 5.24. The maximum Gasteiger partial charge on any atom is 0.331 e. The van der Waals surface area contributed by atoms with Crippen LogP contribution in [0.25, 0.3) is 12.2 Å². The summed E-state index contributed by atoms with van der Waals surface area (Å²) >= 11 is 0. The van der Waals surface area contributed by atoms with Gasteiger partial charge in [0.15, 0.2) is 23.0 Å². The zero-order valence-corrected chi connectivity index (χ0v) is 14.5. The monoisotopic (exact) mass is 370 g/mol. The smallest absolute Gasteiger partial charge is 0.331 e. The van der Waals surface area contributed by atoms with E-state index >= 15 is 0 Å². The minimum absolute atomic E-state index is 0.00669. The summed E-state index contributed by atoms with van der Waals surface area (Å²) in [5.41, 5.74) is 1.33. The van der Waals surface area contributed by atoms with E-state index in [9.17, 15) is 19.8 Å². The van der Waals surface area contributed by atoms with E-state index in [0.717, 1.165) is 5.56 Å². The van der Waals surface area contributed by atoms with Crippen molar-refractivity contribution in [2.45, 2.75) is 0 Å². The minimum Gasteiger partial charge on any atom is -0.504 e. The number of ether oxygens (including phenoxy) is 3. The van der Waals surface area contributed by atoms with Crippen LogP contribution in [0.1, 0.15) is 11.1 Å². The number of carbonyl (C=O) groups excluding carboxylic acids is 2. The molecule has 0 aliphatic rings. The standard InChI is InChI=1S/C20H18O7/c1-25-18-11-14(4-7-16(18)22)3-2-10-26-20(24)9-6-15-5-8-17(23)19(12-15)27-13-21/h2-9,11-13,22-23H,10H2,1H3/b3-2+,9-6+. The summed E-state index contributed by atoms with van der Waals surface area (Å²) < 4.78 is 14.7. The highest BCUT2D eigenvalue weighted by molar-refractivity contribution is 5.87. The molecule has 2 aromatic rings. The van der Waals surface area contributed by atoms with Crippen molar-refractivity contribution in [2.24, 2.45) is 0 Å². The average Bonchev–Trinajstić information content (AvgIpc) is 2.67. The van der Waals surface area contributed by atoms with Crippen molar-refractivity contribution in [1.82, 2.24) is 0 Å². The first kappa shape index (κ1) is 19.6. The van der Waals surface area contributed by atoms with E-state index in [1.807, 2.05) is 0 Å². The fourth-order valence-corrected chi connectivity index (χ4v) is 2.11. The number of methoxy groups -OCH3 is 1. The third-order valence-electron chi connectivity index (χ3n) is 3.41. The van der Waals surface area contributed by atoms with Crippen LogP contribution >= 0.6 is 0 Å². The molecule has 27 heavy (non-hydrogen) atoms. The van der Waals surface area contributed by atoms with Crippen LogP contribution < -0.4 is 9.47 Å². The lowest BCUT2D eigenvalue weighted by Gasteiger charge is -2.03. The highest BCUT2D eigenvalue weighted by Gasteiger charge is 2.03. The van der Waals surface area contributed by atoms with Crippen LogP contribution in [-0.2, 0) is 14.3 Å². The topological polar surface area (TPSA) is 102 Å². The van der Waals surface area contributed by atoms with Crippen LogP contribution in [0.2, 0.25) is 0 Å². The Morgan fingerprint density at radius 1 is 1.00 bits per heavy atom. The van der Waals surface area contributed by atoms with Crippen molar-refractivity contribution in [2.75, 3.05) is 13.7 Å². The lowest BCUT2D eigenvalue weighted by atomic mass is 10.2. The van der Waals surface area contributed by atoms with Gasteiger partial charge in [-0.1, -0.05) is 18.2 Å². The zero-order chi connectivity index (χ0) is 19.6. The molecule has 2 aromatic carbocycles. The van der Waals surface area contributed by atoms with Crippen LogP contribution in [0.5, 0.6) is 23.0 Å². The molecule has 0 bridgehead atoms. The SMILES string of the molecule is COc1cc(/C=C/COC(=O)/C=C/c2ccc(O)c(OC=O)c2)ccc1O. The molecule has 2 rings (SSSR count). The molecule has 0 saturated carbocycles. The van der Waals surface area contributed by atoms with E-state index in [-0.39, 0.29) is 30.3 Å². The van der Waals surface area contributed by atoms with Crippen LogP contribution in [0, 0.1) is 0 Å². The predicted octanol–water partition coefficient (Wildman–Crippen LogP) is 2.91. The Bertz CT molecular complexity index is 869. The van der Waals surface area contributed by atoms with Crippen LogP contribution in [0.4, 0.5) is 0 Å². The maximum atomic E-state index is 11.7. The number of benzene rings is 2. The quantitative estimate of drug-likeness (QED) is 0.418. The number of esters is 1. The fourth-order valence-electron chi connectivity index (χ4n) is 2.11. The molecule has 2 N–H and O–H groups in total. The van der Waals surface area contributed by atoms with Gasteiger partial charge in [0.2, 0.25) is 0 Å². The molecule has 0 aliphatic carbocycles. The molecule has 0 heterocycles. The van der Waals surface area contributed by atoms with Crippen LogP contribution in [0.15, 0.2) is 48.6 Å². The van der Waals surface area contributed by atoms with Crippen molar-refractivity contribution in [1.29, 1.82) is 0 Å². The lowest BCUT2D eigenvalue weighted by molar-refractivity contribution is -0.136. The molecule has 7 heteroatoms. The number of aromatic hydroxyl groups is 2. The molecule has 0 unspecified atom stereocenters. The molecule has 0 radical (unpaired) electrons. The van der Waals surface area contributed by atoms with E-state index in [1.165, 1.54) is 37.5 Å². The van der Waals surface area contributed by atoms with E-state index in [0.29, 0.717) is 11.3 Å². The van der Waals surface area contributed by atoms with Crippen molar-refractivity contribution >= 4 is 24.6 Å². The highest BCUT2D eigenvalue weighted by atomic mass is 16.5. The first-order chi connectivity index (χ1) is 13.0. The third-order valence-corrected chi connectivity index (χ3v) is 3.41. The molecule has 0 amide bonds. The second-order valence-electron chi connectivity index (χ2n) is 5.24. The number of phenolic OH excluding ortho intramolecular Hbond substituents is 2. The maximum absolute atomic E-state index is 11.7. The molecular weight excluding hydrogens is 352 g/mol. The predicted molar refractivity (Wildman–Crippen MR) is 98.5 cm³/mol. The van der Waals surface area contributed by atoms with Gasteiger partial charge in [0.1, 0.15) is 6.61 Å². The molecule has 0 aliphatic heterocycles. The first-order valence-electron chi connectivity index (χ1n) is 7.85. The number of carbonyl (C=O) groups is 2. The van der Waals surface area contributed by atoms with Gasteiger partial charge in [0, 0.05) is 6.08 Å². The largest absolute Gasteiger partial charge is 0.504 e. The Hall–Kier alpha value is -3.74. The van der Waals surface area contributed by atoms with Gasteiger partial charge in [-0.2, -0.15) is 0 Å². The van der Waals surface area contributed by atoms with Crippen molar-refractivity contribution in [3.63, 3.8) is 0 Å². The fraction of sp³-hybridized carbons (Fsp3) is 0.100. The Morgan fingerprint density at radius 2 is 1.63 bits per heavy atom. The van der Waals surface area contributed by atoms with Gasteiger partial charge in [-0.15, -0.1) is 0 Å². The van der Waals surface area contributed by atoms with Gasteiger partial charge in [-0.3, -0.25) is 4.79 Å². The molecule has 0 spiro atoms. The first-order valence-corrected chi connectivity index (χ1v) is 7.85. The van der Waals surface area contributed by atoms with Gasteiger partial charge in [0.05, 0.1) is 7.11 Å². The van der Waals surface area contributed by atoms with Crippen molar-refractivity contribution in [3.8, 4) is 23.0 Å². The zero-order valence-electron chi connectivity index (χ0n) is 14.5. The molecule has 0 aromatic heterocycles. The van der Waals surface area contributed by atoms with Crippen molar-refractivity contribution < 1.29 is 34.0 Å². The number of hydrogen-bond acceptors (Lipinski definition) is 7. The summed E-state index contributed by atoms with van der Waals surface area (Å²) in [5.74, 6) is -0.356. The van der Waals surface area contributed by atoms with E-state index in [1.54, 1.807) is 30.4 Å². The Balaban J connectivity index is 1.88. The van der Waals surface area contributed by atoms with Gasteiger partial charge >= 0.3 is 5.97 Å². The van der Waals surface area contributed by atoms with Gasteiger partial charge in [-0.05, 0) is 47.5 Å². The molecule has 140 valence electrons. The Kier molecular flexibility index (Phi) is 7.01. The Morgan fingerprint density at radius 3 is 2.30 bits per heavy atom. The summed E-state index contributed by atoms with van der Waals surface area (Å²) in [6.07, 6.45) is 6.05. The van der Waals surface area contributed by atoms with Gasteiger partial charge in [-0.25, -0.2) is 4.79 Å². The summed E-state index contributed by atoms with van der Waals surface area (Å²) in [4.78, 5) is 22.1. The molecule has 0 saturated heterocycles. The molecule has 7 nitrogen and oxygen atoms in total. The van der Waals surface area contributed by atoms with E-state index < -0.39 is 5.97 Å². The second kappa shape index (κ2) is 9.67. The number of rotatable bonds is 8. The van der Waals surface area contributed by atoms with Gasteiger partial charge < -0.3 is 24.4 Å². The summed E-state index contributed by atoms with van der Waals surface area (Å²) in [5, 5.41) is 19.0. The van der Waals surface area contributed by atoms with Crippen LogP contribution in [0.3, 0.4) is 0 Å². The highest BCUT2D eigenvalue weighted by Crippen LogP contribution is 2.27. The molecular formula is C20H18O7. The minimum atomic E-state index is -0.561. The molecule has 0 fully saturated rings. The average molecular weight is 370 g/mol. The van der Waals surface area contributed by atoms with Crippen molar-refractivity contribution in [3.05, 3.63) is 59.7 Å². The number of phenols is 2. The van der Waals surface area contributed by atoms with E-state index in [2.05, 4.69) is 4.74 Å². The normalized spacial score (nSPS) is 10.9. The molecule has 0 atom stereocenters. The Labute approximate surface area is 155 Å². The van der Waals surface area contributed by atoms with Gasteiger partial charge in [0.25, 0.3) is 6.47 Å². The summed E-state index contributed by atoms with van der Waals surface area (Å²) in [6.45, 7) is 0.258. The van der Waals surface area contributed by atoms with Crippen LogP contribution in [-0.4, -0.2) is 36.4 Å². The lowest BCUT2D eigenvalue weighted by Crippen LogP contribution is -1.99. The van der Waals surface area contributed by atoms with E-state index in [4.69, 9.17) is 9.47 Å². The number of hydrogen-bond donors (Lipinski definition) is 2. The summed E-state index contributed by atoms with van der Waals surface area (Å²) in [6, 6.07) is 9.16.